The zero-order chi connectivity index (χ0) is 12.8. The van der Waals surface area contributed by atoms with E-state index in [1.165, 1.54) is 0 Å². The molecule has 2 aromatic carbocycles. The van der Waals surface area contributed by atoms with Crippen molar-refractivity contribution in [2.45, 2.75) is 11.9 Å². The van der Waals surface area contributed by atoms with Gasteiger partial charge in [0.2, 0.25) is 5.91 Å². The lowest BCUT2D eigenvalue weighted by molar-refractivity contribution is -0.121. The molecule has 0 bridgehead atoms. The zero-order valence-electron chi connectivity index (χ0n) is 9.84. The quantitative estimate of drug-likeness (QED) is 0.839. The molecule has 0 saturated heterocycles. The van der Waals surface area contributed by atoms with Gasteiger partial charge in [0.05, 0.1) is 0 Å². The largest absolute Gasteiger partial charge is 0.350 e. The minimum atomic E-state index is -0.644. The predicted octanol–water partition coefficient (Wildman–Crippen LogP) is 3.28. The molecule has 1 amide bonds. The third-order valence-corrected chi connectivity index (χ3v) is 3.08. The number of carbonyl (C=O) groups excluding carboxylic acids is 1. The van der Waals surface area contributed by atoms with Crippen molar-refractivity contribution in [3.63, 3.8) is 0 Å². The molecular formula is C15H14ClNO. The van der Waals surface area contributed by atoms with Crippen LogP contribution in [0.15, 0.2) is 60.7 Å². The Bertz CT molecular complexity index is 498. The van der Waals surface area contributed by atoms with Gasteiger partial charge in [-0.25, -0.2) is 0 Å². The summed E-state index contributed by atoms with van der Waals surface area (Å²) in [6.07, 6.45) is 0. The number of amides is 1. The number of hydrogen-bond acceptors (Lipinski definition) is 1. The van der Waals surface area contributed by atoms with Gasteiger partial charge >= 0.3 is 0 Å². The monoisotopic (exact) mass is 259 g/mol. The molecule has 0 saturated carbocycles. The number of benzene rings is 2. The molecule has 2 nitrogen and oxygen atoms in total. The normalized spacial score (nSPS) is 11.8. The highest BCUT2D eigenvalue weighted by Crippen LogP contribution is 2.19. The fraction of sp³-hybridized carbons (Fsp3) is 0.133. The molecule has 0 fully saturated rings. The summed E-state index contributed by atoms with van der Waals surface area (Å²) in [5, 5.41) is 2.18. The van der Waals surface area contributed by atoms with Gasteiger partial charge in [-0.15, -0.1) is 11.6 Å². The van der Waals surface area contributed by atoms with Crippen LogP contribution in [-0.2, 0) is 11.3 Å². The van der Waals surface area contributed by atoms with Crippen LogP contribution in [0.4, 0.5) is 0 Å². The van der Waals surface area contributed by atoms with E-state index in [0.717, 1.165) is 11.1 Å². The molecule has 0 aliphatic rings. The van der Waals surface area contributed by atoms with Crippen molar-refractivity contribution in [2.75, 3.05) is 0 Å². The minimum Gasteiger partial charge on any atom is -0.350 e. The second-order valence-corrected chi connectivity index (χ2v) is 4.41. The molecule has 1 unspecified atom stereocenters. The van der Waals surface area contributed by atoms with Crippen LogP contribution in [0.25, 0.3) is 0 Å². The van der Waals surface area contributed by atoms with Crippen molar-refractivity contribution in [1.29, 1.82) is 0 Å². The Morgan fingerprint density at radius 1 is 1.00 bits per heavy atom. The summed E-state index contributed by atoms with van der Waals surface area (Å²) in [7, 11) is 0. The number of alkyl halides is 1. The van der Waals surface area contributed by atoms with E-state index in [1.807, 2.05) is 60.7 Å². The fourth-order valence-electron chi connectivity index (χ4n) is 1.65. The van der Waals surface area contributed by atoms with Crippen LogP contribution in [0.2, 0.25) is 0 Å². The Balaban J connectivity index is 1.93. The molecule has 2 aromatic rings. The van der Waals surface area contributed by atoms with Crippen LogP contribution < -0.4 is 5.32 Å². The number of carbonyl (C=O) groups is 1. The van der Waals surface area contributed by atoms with Crippen molar-refractivity contribution in [3.8, 4) is 0 Å². The van der Waals surface area contributed by atoms with Crippen LogP contribution in [0, 0.1) is 0 Å². The van der Waals surface area contributed by atoms with E-state index in [1.54, 1.807) is 0 Å². The lowest BCUT2D eigenvalue weighted by atomic mass is 10.1. The van der Waals surface area contributed by atoms with Gasteiger partial charge in [0.1, 0.15) is 5.38 Å². The summed E-state index contributed by atoms with van der Waals surface area (Å²) in [6.45, 7) is 0.496. The minimum absolute atomic E-state index is 0.174. The van der Waals surface area contributed by atoms with Crippen LogP contribution in [0.5, 0.6) is 0 Å². The first-order chi connectivity index (χ1) is 8.77. The lowest BCUT2D eigenvalue weighted by Crippen LogP contribution is -2.26. The molecule has 0 aliphatic heterocycles. The molecule has 3 heteroatoms. The van der Waals surface area contributed by atoms with Gasteiger partial charge in [0.25, 0.3) is 0 Å². The van der Waals surface area contributed by atoms with E-state index in [9.17, 15) is 4.79 Å². The summed E-state index contributed by atoms with van der Waals surface area (Å²) in [4.78, 5) is 11.9. The molecule has 0 aliphatic carbocycles. The predicted molar refractivity (Wildman–Crippen MR) is 73.3 cm³/mol. The molecule has 0 radical (unpaired) electrons. The lowest BCUT2D eigenvalue weighted by Gasteiger charge is -2.10. The molecule has 18 heavy (non-hydrogen) atoms. The van der Waals surface area contributed by atoms with E-state index in [4.69, 9.17) is 11.6 Å². The number of rotatable bonds is 4. The number of halogens is 1. The highest BCUT2D eigenvalue weighted by molar-refractivity contribution is 6.30. The summed E-state index contributed by atoms with van der Waals surface area (Å²) in [5.41, 5.74) is 1.87. The van der Waals surface area contributed by atoms with Crippen LogP contribution in [0.1, 0.15) is 16.5 Å². The Morgan fingerprint density at radius 2 is 1.56 bits per heavy atom. The van der Waals surface area contributed by atoms with Gasteiger partial charge in [-0.2, -0.15) is 0 Å². The third kappa shape index (κ3) is 3.34. The van der Waals surface area contributed by atoms with Crippen molar-refractivity contribution >= 4 is 17.5 Å². The third-order valence-electron chi connectivity index (χ3n) is 2.63. The summed E-state index contributed by atoms with van der Waals surface area (Å²) < 4.78 is 0. The van der Waals surface area contributed by atoms with Crippen molar-refractivity contribution in [1.82, 2.24) is 5.32 Å². The molecule has 92 valence electrons. The fourth-order valence-corrected chi connectivity index (χ4v) is 1.87. The Kier molecular flexibility index (Phi) is 4.37. The van der Waals surface area contributed by atoms with Crippen LogP contribution >= 0.6 is 11.6 Å². The average Bonchev–Trinajstić information content (AvgIpc) is 2.46. The second-order valence-electron chi connectivity index (χ2n) is 3.98. The molecular weight excluding hydrogens is 246 g/mol. The maximum absolute atomic E-state index is 11.9. The highest BCUT2D eigenvalue weighted by atomic mass is 35.5. The van der Waals surface area contributed by atoms with E-state index in [2.05, 4.69) is 5.32 Å². The van der Waals surface area contributed by atoms with Crippen molar-refractivity contribution < 1.29 is 4.79 Å². The smallest absolute Gasteiger partial charge is 0.242 e. The second kappa shape index (κ2) is 6.22. The maximum Gasteiger partial charge on any atom is 0.242 e. The topological polar surface area (TPSA) is 29.1 Å². The van der Waals surface area contributed by atoms with Crippen molar-refractivity contribution in [3.05, 3.63) is 71.8 Å². The first-order valence-electron chi connectivity index (χ1n) is 5.78. The van der Waals surface area contributed by atoms with Crippen LogP contribution in [0.3, 0.4) is 0 Å². The SMILES string of the molecule is O=C(NCc1ccccc1)C(Cl)c1ccccc1. The molecule has 1 atom stereocenters. The van der Waals surface area contributed by atoms with E-state index < -0.39 is 5.38 Å². The number of hydrogen-bond donors (Lipinski definition) is 1. The molecule has 1 N–H and O–H groups in total. The first kappa shape index (κ1) is 12.7. The van der Waals surface area contributed by atoms with Crippen LogP contribution in [-0.4, -0.2) is 5.91 Å². The molecule has 0 aromatic heterocycles. The zero-order valence-corrected chi connectivity index (χ0v) is 10.6. The summed E-state index contributed by atoms with van der Waals surface area (Å²) in [5.74, 6) is -0.174. The Hall–Kier alpha value is -1.80. The van der Waals surface area contributed by atoms with Gasteiger partial charge in [-0.3, -0.25) is 4.79 Å². The van der Waals surface area contributed by atoms with Crippen molar-refractivity contribution in [2.24, 2.45) is 0 Å². The summed E-state index contributed by atoms with van der Waals surface area (Å²) in [6, 6.07) is 19.1. The van der Waals surface area contributed by atoms with E-state index in [-0.39, 0.29) is 5.91 Å². The van der Waals surface area contributed by atoms with E-state index >= 15 is 0 Å². The van der Waals surface area contributed by atoms with Gasteiger partial charge in [-0.1, -0.05) is 60.7 Å². The van der Waals surface area contributed by atoms with Gasteiger partial charge in [0, 0.05) is 6.54 Å². The standard InChI is InChI=1S/C15H14ClNO/c16-14(13-9-5-2-6-10-13)15(18)17-11-12-7-3-1-4-8-12/h1-10,14H,11H2,(H,17,18). The molecule has 2 rings (SSSR count). The first-order valence-corrected chi connectivity index (χ1v) is 6.21. The van der Waals surface area contributed by atoms with Gasteiger partial charge < -0.3 is 5.32 Å². The Morgan fingerprint density at radius 3 is 2.17 bits per heavy atom. The average molecular weight is 260 g/mol. The molecule has 0 heterocycles. The highest BCUT2D eigenvalue weighted by Gasteiger charge is 2.16. The number of nitrogens with one attached hydrogen (secondary N) is 1. The van der Waals surface area contributed by atoms with Gasteiger partial charge in [0.15, 0.2) is 0 Å². The Labute approximate surface area is 112 Å². The summed E-state index contributed by atoms with van der Waals surface area (Å²) >= 11 is 6.11. The molecule has 0 spiro atoms. The maximum atomic E-state index is 11.9. The van der Waals surface area contributed by atoms with Gasteiger partial charge in [-0.05, 0) is 11.1 Å². The van der Waals surface area contributed by atoms with E-state index in [0.29, 0.717) is 6.54 Å².